The zero-order chi connectivity index (χ0) is 20.5. The Hall–Kier alpha value is -2.40. The second-order valence-corrected chi connectivity index (χ2v) is 8.88. The topological polar surface area (TPSA) is 114 Å². The molecular formula is C20H25N7O2S. The summed E-state index contributed by atoms with van der Waals surface area (Å²) in [6.07, 6.45) is 5.02. The van der Waals surface area contributed by atoms with Crippen molar-refractivity contribution in [3.8, 4) is 11.4 Å². The van der Waals surface area contributed by atoms with Crippen molar-refractivity contribution in [3.05, 3.63) is 23.3 Å². The lowest BCUT2D eigenvalue weighted by atomic mass is 10.1. The van der Waals surface area contributed by atoms with Gasteiger partial charge in [0.05, 0.1) is 30.3 Å². The quantitative estimate of drug-likeness (QED) is 0.640. The van der Waals surface area contributed by atoms with E-state index in [4.69, 9.17) is 20.4 Å². The van der Waals surface area contributed by atoms with Crippen LogP contribution in [0.4, 0.5) is 11.8 Å². The zero-order valence-corrected chi connectivity index (χ0v) is 17.5. The van der Waals surface area contributed by atoms with Crippen LogP contribution in [0.5, 0.6) is 0 Å². The number of nitrogens with zero attached hydrogens (tertiary/aromatic N) is 6. The van der Waals surface area contributed by atoms with E-state index in [9.17, 15) is 5.11 Å². The van der Waals surface area contributed by atoms with Crippen LogP contribution in [-0.4, -0.2) is 75.4 Å². The molecule has 2 saturated heterocycles. The Kier molecular flexibility index (Phi) is 5.47. The molecule has 0 aliphatic carbocycles. The Morgan fingerprint density at radius 3 is 2.73 bits per heavy atom. The molecule has 5 rings (SSSR count). The number of hydrogen-bond acceptors (Lipinski definition) is 10. The molecule has 3 aromatic heterocycles. The Morgan fingerprint density at radius 2 is 1.97 bits per heavy atom. The van der Waals surface area contributed by atoms with Crippen LogP contribution in [0.2, 0.25) is 0 Å². The van der Waals surface area contributed by atoms with Crippen molar-refractivity contribution in [3.63, 3.8) is 0 Å². The molecule has 10 heteroatoms. The standard InChI is InChI=1S/C20H25N7O2S/c21-20-22-9-13(10-23-20)17-24-18(27-4-6-29-7-5-27)16-8-15(30-19(16)25-17)12-26-3-1-2-14(28)11-26/h8-10,14,28H,1-7,11-12H2,(H2,21,22,23). The number of aliphatic hydroxyl groups excluding tert-OH is 1. The van der Waals surface area contributed by atoms with Crippen LogP contribution in [0.15, 0.2) is 18.5 Å². The fourth-order valence-corrected chi connectivity index (χ4v) is 5.09. The number of ether oxygens (including phenoxy) is 1. The van der Waals surface area contributed by atoms with Gasteiger partial charge in [0, 0.05) is 43.4 Å². The number of fused-ring (bicyclic) bond motifs is 1. The van der Waals surface area contributed by atoms with Crippen LogP contribution < -0.4 is 10.6 Å². The predicted molar refractivity (Wildman–Crippen MR) is 116 cm³/mol. The first-order valence-corrected chi connectivity index (χ1v) is 11.1. The molecule has 2 aliphatic heterocycles. The first-order valence-electron chi connectivity index (χ1n) is 10.3. The minimum Gasteiger partial charge on any atom is -0.392 e. The lowest BCUT2D eigenvalue weighted by Gasteiger charge is -2.29. The fraction of sp³-hybridized carbons (Fsp3) is 0.500. The van der Waals surface area contributed by atoms with Crippen molar-refractivity contribution in [2.45, 2.75) is 25.5 Å². The van der Waals surface area contributed by atoms with Crippen molar-refractivity contribution in [2.75, 3.05) is 50.0 Å². The predicted octanol–water partition coefficient (Wildman–Crippen LogP) is 1.52. The van der Waals surface area contributed by atoms with Gasteiger partial charge in [-0.3, -0.25) is 4.90 Å². The largest absolute Gasteiger partial charge is 0.392 e. The van der Waals surface area contributed by atoms with Crippen molar-refractivity contribution in [2.24, 2.45) is 0 Å². The maximum atomic E-state index is 9.99. The van der Waals surface area contributed by atoms with Crippen molar-refractivity contribution < 1.29 is 9.84 Å². The molecule has 30 heavy (non-hydrogen) atoms. The van der Waals surface area contributed by atoms with Crippen molar-refractivity contribution >= 4 is 33.3 Å². The molecular weight excluding hydrogens is 402 g/mol. The summed E-state index contributed by atoms with van der Waals surface area (Å²) in [7, 11) is 0. The molecule has 0 bridgehead atoms. The molecule has 3 N–H and O–H groups in total. The van der Waals surface area contributed by atoms with E-state index in [0.717, 1.165) is 67.2 Å². The summed E-state index contributed by atoms with van der Waals surface area (Å²) in [5, 5.41) is 11.1. The summed E-state index contributed by atoms with van der Waals surface area (Å²) in [6.45, 7) is 5.54. The number of morpholine rings is 1. The third kappa shape index (κ3) is 4.08. The van der Waals surface area contributed by atoms with Crippen molar-refractivity contribution in [1.29, 1.82) is 0 Å². The van der Waals surface area contributed by atoms with Gasteiger partial charge >= 0.3 is 0 Å². The first-order chi connectivity index (χ1) is 14.7. The molecule has 2 aliphatic rings. The average Bonchev–Trinajstić information content (AvgIpc) is 3.16. The summed E-state index contributed by atoms with van der Waals surface area (Å²) in [5.74, 6) is 1.76. The van der Waals surface area contributed by atoms with Gasteiger partial charge < -0.3 is 20.5 Å². The van der Waals surface area contributed by atoms with Gasteiger partial charge in [0.1, 0.15) is 10.6 Å². The lowest BCUT2D eigenvalue weighted by molar-refractivity contribution is 0.0674. The minimum absolute atomic E-state index is 0.228. The van der Waals surface area contributed by atoms with E-state index in [2.05, 4.69) is 25.8 Å². The number of thiophene rings is 1. The molecule has 1 unspecified atom stereocenters. The minimum atomic E-state index is -0.228. The van der Waals surface area contributed by atoms with E-state index in [1.807, 2.05) is 0 Å². The van der Waals surface area contributed by atoms with E-state index < -0.39 is 0 Å². The monoisotopic (exact) mass is 427 g/mol. The Morgan fingerprint density at radius 1 is 1.17 bits per heavy atom. The van der Waals surface area contributed by atoms with Gasteiger partial charge in [-0.2, -0.15) is 0 Å². The third-order valence-corrected chi connectivity index (χ3v) is 6.54. The van der Waals surface area contributed by atoms with Crippen LogP contribution in [0.25, 0.3) is 21.6 Å². The number of hydrogen-bond donors (Lipinski definition) is 2. The van der Waals surface area contributed by atoms with Crippen LogP contribution >= 0.6 is 11.3 Å². The fourth-order valence-electron chi connectivity index (χ4n) is 4.03. The average molecular weight is 428 g/mol. The number of nitrogen functional groups attached to an aromatic ring is 1. The van der Waals surface area contributed by atoms with E-state index in [-0.39, 0.29) is 12.1 Å². The Balaban J connectivity index is 1.53. The van der Waals surface area contributed by atoms with Gasteiger partial charge in [0.15, 0.2) is 5.82 Å². The summed E-state index contributed by atoms with van der Waals surface area (Å²) in [4.78, 5) is 24.7. The molecule has 2 fully saturated rings. The highest BCUT2D eigenvalue weighted by atomic mass is 32.1. The van der Waals surface area contributed by atoms with Crippen LogP contribution in [-0.2, 0) is 11.3 Å². The second kappa shape index (κ2) is 8.38. The Bertz CT molecular complexity index is 1020. The first kappa shape index (κ1) is 19.6. The number of likely N-dealkylation sites (tertiary alicyclic amines) is 1. The van der Waals surface area contributed by atoms with E-state index in [1.54, 1.807) is 23.7 Å². The molecule has 0 spiro atoms. The number of piperidine rings is 1. The molecule has 158 valence electrons. The number of rotatable bonds is 4. The highest BCUT2D eigenvalue weighted by molar-refractivity contribution is 7.18. The number of anilines is 2. The van der Waals surface area contributed by atoms with Crippen molar-refractivity contribution in [1.82, 2.24) is 24.8 Å². The van der Waals surface area contributed by atoms with Gasteiger partial charge in [-0.1, -0.05) is 0 Å². The number of aromatic nitrogens is 4. The highest BCUT2D eigenvalue weighted by Crippen LogP contribution is 2.34. The number of β-amino-alcohol motifs (C(OH)–C–C–N with tert-alkyl or cyclic N) is 1. The van der Waals surface area contributed by atoms with Crippen LogP contribution in [0.1, 0.15) is 17.7 Å². The van der Waals surface area contributed by atoms with Gasteiger partial charge in [0.2, 0.25) is 5.95 Å². The summed E-state index contributed by atoms with van der Waals surface area (Å²) in [5.41, 5.74) is 6.38. The number of aliphatic hydroxyl groups is 1. The third-order valence-electron chi connectivity index (χ3n) is 5.52. The van der Waals surface area contributed by atoms with Gasteiger partial charge in [-0.15, -0.1) is 11.3 Å². The van der Waals surface area contributed by atoms with E-state index in [1.165, 1.54) is 4.88 Å². The zero-order valence-electron chi connectivity index (χ0n) is 16.7. The molecule has 0 saturated carbocycles. The summed E-state index contributed by atoms with van der Waals surface area (Å²) < 4.78 is 5.53. The van der Waals surface area contributed by atoms with Crippen LogP contribution in [0, 0.1) is 0 Å². The Labute approximate surface area is 178 Å². The number of nitrogens with two attached hydrogens (primary N) is 1. The molecule has 0 aromatic carbocycles. The second-order valence-electron chi connectivity index (χ2n) is 7.76. The van der Waals surface area contributed by atoms with Gasteiger partial charge in [-0.25, -0.2) is 19.9 Å². The van der Waals surface area contributed by atoms with E-state index >= 15 is 0 Å². The van der Waals surface area contributed by atoms with Gasteiger partial charge in [-0.05, 0) is 25.5 Å². The smallest absolute Gasteiger partial charge is 0.219 e. The maximum Gasteiger partial charge on any atom is 0.219 e. The van der Waals surface area contributed by atoms with Gasteiger partial charge in [0.25, 0.3) is 0 Å². The summed E-state index contributed by atoms with van der Waals surface area (Å²) in [6, 6.07) is 2.20. The van der Waals surface area contributed by atoms with E-state index in [0.29, 0.717) is 19.0 Å². The molecule has 3 aromatic rings. The molecule has 0 radical (unpaired) electrons. The molecule has 0 amide bonds. The highest BCUT2D eigenvalue weighted by Gasteiger charge is 2.22. The molecule has 9 nitrogen and oxygen atoms in total. The van der Waals surface area contributed by atoms with Crippen LogP contribution in [0.3, 0.4) is 0 Å². The lowest BCUT2D eigenvalue weighted by Crippen LogP contribution is -2.37. The normalized spacial score (nSPS) is 20.7. The SMILES string of the molecule is Nc1ncc(-c2nc(N3CCOCC3)c3cc(CN4CCCC(O)C4)sc3n2)cn1. The summed E-state index contributed by atoms with van der Waals surface area (Å²) >= 11 is 1.68. The molecule has 1 atom stereocenters. The molecule has 5 heterocycles. The maximum absolute atomic E-state index is 9.99.